The van der Waals surface area contributed by atoms with Crippen molar-refractivity contribution in [2.75, 3.05) is 27.2 Å². The highest BCUT2D eigenvalue weighted by atomic mass is 16.5. The SMILES string of the molecule is CC/C=C/CCCCCCCC(=O)NCCC[N+](C)(C)O. The van der Waals surface area contributed by atoms with E-state index in [4.69, 9.17) is 0 Å². The standard InChI is InChI=1S/C17H34N2O2/c1-4-5-6-7-8-9-10-11-12-14-17(20)18-15-13-16-19(2,3)21/h5-6,21H,4,7-16H2,1-3H3/p+1/b6-5+. The molecule has 21 heavy (non-hydrogen) atoms. The number of nitrogens with zero attached hydrogens (tertiary/aromatic N) is 1. The first-order chi connectivity index (χ1) is 9.95. The summed E-state index contributed by atoms with van der Waals surface area (Å²) in [5.74, 6) is 0.143. The molecule has 0 unspecified atom stereocenters. The van der Waals surface area contributed by atoms with Crippen molar-refractivity contribution in [3.05, 3.63) is 12.2 Å². The second kappa shape index (κ2) is 12.8. The molecule has 0 fully saturated rings. The van der Waals surface area contributed by atoms with E-state index in [-0.39, 0.29) is 10.6 Å². The van der Waals surface area contributed by atoms with Crippen LogP contribution in [0.25, 0.3) is 0 Å². The number of hydroxylamine groups is 3. The molecule has 1 amide bonds. The lowest BCUT2D eigenvalue weighted by Crippen LogP contribution is -2.38. The van der Waals surface area contributed by atoms with Crippen LogP contribution in [0.2, 0.25) is 0 Å². The molecule has 0 aliphatic carbocycles. The van der Waals surface area contributed by atoms with E-state index in [1.165, 1.54) is 25.7 Å². The molecule has 0 aliphatic rings. The topological polar surface area (TPSA) is 49.3 Å². The molecule has 2 N–H and O–H groups in total. The third-order valence-electron chi connectivity index (χ3n) is 3.38. The van der Waals surface area contributed by atoms with Crippen LogP contribution in [0, 0.1) is 0 Å². The average Bonchev–Trinajstić information content (AvgIpc) is 2.41. The van der Waals surface area contributed by atoms with Crippen molar-refractivity contribution in [1.82, 2.24) is 5.32 Å². The maximum atomic E-state index is 11.6. The van der Waals surface area contributed by atoms with E-state index in [0.29, 0.717) is 19.5 Å². The van der Waals surface area contributed by atoms with Gasteiger partial charge in [-0.15, -0.1) is 0 Å². The van der Waals surface area contributed by atoms with E-state index in [0.717, 1.165) is 25.7 Å². The van der Waals surface area contributed by atoms with Gasteiger partial charge in [0.1, 0.15) is 6.54 Å². The van der Waals surface area contributed by atoms with Gasteiger partial charge in [0, 0.05) is 19.4 Å². The van der Waals surface area contributed by atoms with E-state index in [1.54, 1.807) is 14.1 Å². The number of unbranched alkanes of at least 4 members (excludes halogenated alkanes) is 5. The monoisotopic (exact) mass is 299 g/mol. The summed E-state index contributed by atoms with van der Waals surface area (Å²) in [4.78, 5) is 11.6. The average molecular weight is 299 g/mol. The Labute approximate surface area is 130 Å². The summed E-state index contributed by atoms with van der Waals surface area (Å²) in [5, 5.41) is 12.4. The number of carbonyl (C=O) groups is 1. The number of quaternary nitrogens is 1. The molecule has 0 atom stereocenters. The minimum Gasteiger partial charge on any atom is -0.356 e. The molecule has 4 nitrogen and oxygen atoms in total. The summed E-state index contributed by atoms with van der Waals surface area (Å²) in [7, 11) is 3.47. The van der Waals surface area contributed by atoms with Gasteiger partial charge in [0.15, 0.2) is 0 Å². The summed E-state index contributed by atoms with van der Waals surface area (Å²) in [5.41, 5.74) is 0. The molecule has 0 saturated carbocycles. The molecule has 0 rings (SSSR count). The predicted octanol–water partition coefficient (Wildman–Crippen LogP) is 3.66. The predicted molar refractivity (Wildman–Crippen MR) is 88.1 cm³/mol. The maximum Gasteiger partial charge on any atom is 0.219 e. The lowest BCUT2D eigenvalue weighted by Gasteiger charge is -2.19. The van der Waals surface area contributed by atoms with Gasteiger partial charge in [-0.1, -0.05) is 38.3 Å². The Morgan fingerprint density at radius 1 is 1.05 bits per heavy atom. The number of hydrogen-bond donors (Lipinski definition) is 2. The fourth-order valence-corrected chi connectivity index (χ4v) is 2.14. The van der Waals surface area contributed by atoms with Crippen molar-refractivity contribution in [2.24, 2.45) is 0 Å². The van der Waals surface area contributed by atoms with Crippen LogP contribution in [0.1, 0.15) is 64.7 Å². The number of amides is 1. The normalized spacial score (nSPS) is 12.0. The molecular formula is C17H35N2O2+. The van der Waals surface area contributed by atoms with Crippen molar-refractivity contribution in [2.45, 2.75) is 64.7 Å². The zero-order chi connectivity index (χ0) is 16.0. The first-order valence-electron chi connectivity index (χ1n) is 8.43. The third kappa shape index (κ3) is 17.1. The Balaban J connectivity index is 3.29. The van der Waals surface area contributed by atoms with E-state index < -0.39 is 0 Å². The lowest BCUT2D eigenvalue weighted by atomic mass is 10.1. The molecule has 0 aromatic heterocycles. The summed E-state index contributed by atoms with van der Waals surface area (Å²) >= 11 is 0. The summed E-state index contributed by atoms with van der Waals surface area (Å²) in [6.45, 7) is 3.48. The molecule has 0 bridgehead atoms. The number of rotatable bonds is 13. The van der Waals surface area contributed by atoms with Crippen LogP contribution in [0.4, 0.5) is 0 Å². The Bertz CT molecular complexity index is 283. The Morgan fingerprint density at radius 2 is 1.71 bits per heavy atom. The number of nitrogens with one attached hydrogen (secondary N) is 1. The number of allylic oxidation sites excluding steroid dienone is 2. The largest absolute Gasteiger partial charge is 0.356 e. The third-order valence-corrected chi connectivity index (χ3v) is 3.38. The van der Waals surface area contributed by atoms with Crippen molar-refractivity contribution >= 4 is 5.91 Å². The van der Waals surface area contributed by atoms with Gasteiger partial charge in [-0.3, -0.25) is 4.79 Å². The van der Waals surface area contributed by atoms with Gasteiger partial charge in [0.05, 0.1) is 14.1 Å². The minimum absolute atomic E-state index is 0.0384. The van der Waals surface area contributed by atoms with E-state index >= 15 is 0 Å². The Hall–Kier alpha value is -0.870. The highest BCUT2D eigenvalue weighted by molar-refractivity contribution is 5.75. The lowest BCUT2D eigenvalue weighted by molar-refractivity contribution is -1.07. The summed E-state index contributed by atoms with van der Waals surface area (Å²) in [6.07, 6.45) is 14.1. The van der Waals surface area contributed by atoms with Crippen molar-refractivity contribution in [3.8, 4) is 0 Å². The van der Waals surface area contributed by atoms with Crippen molar-refractivity contribution < 1.29 is 14.6 Å². The number of hydrogen-bond acceptors (Lipinski definition) is 2. The van der Waals surface area contributed by atoms with Gasteiger partial charge < -0.3 is 5.32 Å². The highest BCUT2D eigenvalue weighted by Gasteiger charge is 2.09. The van der Waals surface area contributed by atoms with Crippen LogP contribution in [0.3, 0.4) is 0 Å². The smallest absolute Gasteiger partial charge is 0.219 e. The van der Waals surface area contributed by atoms with Crippen LogP contribution in [0.15, 0.2) is 12.2 Å². The Kier molecular flexibility index (Phi) is 12.3. The van der Waals surface area contributed by atoms with Gasteiger partial charge in [-0.05, 0) is 25.7 Å². The summed E-state index contributed by atoms with van der Waals surface area (Å²) < 4.78 is -0.0384. The van der Waals surface area contributed by atoms with Crippen LogP contribution < -0.4 is 5.32 Å². The molecule has 0 aromatic carbocycles. The molecule has 4 heteroatoms. The van der Waals surface area contributed by atoms with E-state index in [1.807, 2.05) is 0 Å². The molecule has 0 heterocycles. The van der Waals surface area contributed by atoms with Crippen LogP contribution in [0.5, 0.6) is 0 Å². The molecule has 0 aliphatic heterocycles. The quantitative estimate of drug-likeness (QED) is 0.236. The van der Waals surface area contributed by atoms with Gasteiger partial charge in [0.2, 0.25) is 5.91 Å². The van der Waals surface area contributed by atoms with E-state index in [9.17, 15) is 10.0 Å². The van der Waals surface area contributed by atoms with Gasteiger partial charge in [-0.25, -0.2) is 5.21 Å². The van der Waals surface area contributed by atoms with Gasteiger partial charge in [0.25, 0.3) is 0 Å². The highest BCUT2D eigenvalue weighted by Crippen LogP contribution is 2.07. The fraction of sp³-hybridized carbons (Fsp3) is 0.824. The minimum atomic E-state index is -0.0384. The van der Waals surface area contributed by atoms with Gasteiger partial charge in [-0.2, -0.15) is 4.65 Å². The summed E-state index contributed by atoms with van der Waals surface area (Å²) in [6, 6.07) is 0. The molecular weight excluding hydrogens is 264 g/mol. The van der Waals surface area contributed by atoms with E-state index in [2.05, 4.69) is 24.4 Å². The molecule has 0 radical (unpaired) electrons. The fourth-order valence-electron chi connectivity index (χ4n) is 2.14. The second-order valence-corrected chi connectivity index (χ2v) is 6.23. The Morgan fingerprint density at radius 3 is 2.38 bits per heavy atom. The van der Waals surface area contributed by atoms with Crippen LogP contribution in [-0.4, -0.2) is 42.9 Å². The number of carbonyl (C=O) groups excluding carboxylic acids is 1. The zero-order valence-corrected chi connectivity index (χ0v) is 14.2. The second-order valence-electron chi connectivity index (χ2n) is 6.23. The molecule has 124 valence electrons. The molecule has 0 saturated heterocycles. The first kappa shape index (κ1) is 20.1. The molecule has 0 aromatic rings. The van der Waals surface area contributed by atoms with Gasteiger partial charge >= 0.3 is 0 Å². The first-order valence-corrected chi connectivity index (χ1v) is 8.43. The maximum absolute atomic E-state index is 11.6. The van der Waals surface area contributed by atoms with Crippen LogP contribution in [-0.2, 0) is 4.79 Å². The van der Waals surface area contributed by atoms with Crippen molar-refractivity contribution in [1.29, 1.82) is 0 Å². The van der Waals surface area contributed by atoms with Crippen LogP contribution >= 0.6 is 0 Å². The van der Waals surface area contributed by atoms with Crippen molar-refractivity contribution in [3.63, 3.8) is 0 Å². The molecule has 0 spiro atoms. The zero-order valence-electron chi connectivity index (χ0n) is 14.2.